The summed E-state index contributed by atoms with van der Waals surface area (Å²) in [5.41, 5.74) is 0.321. The van der Waals surface area contributed by atoms with Crippen LogP contribution in [0, 0.1) is 0 Å². The molecule has 2 rings (SSSR count). The van der Waals surface area contributed by atoms with E-state index in [-0.39, 0.29) is 0 Å². The fourth-order valence-corrected chi connectivity index (χ4v) is 3.52. The lowest BCUT2D eigenvalue weighted by molar-refractivity contribution is -0.159. The van der Waals surface area contributed by atoms with E-state index in [9.17, 15) is 0 Å². The van der Waals surface area contributed by atoms with Crippen LogP contribution >= 0.6 is 11.3 Å². The normalized spacial score (nSPS) is 16.9. The monoisotopic (exact) mass is 299 g/mol. The van der Waals surface area contributed by atoms with Gasteiger partial charge in [0, 0.05) is 4.88 Å². The van der Waals surface area contributed by atoms with Crippen molar-refractivity contribution < 1.29 is 19.8 Å². The maximum Gasteiger partial charge on any atom is 0.414 e. The molecule has 1 aromatic rings. The number of rotatable bonds is 3. The SMILES string of the molecule is CCNC1(c2cccs2)CCCCC1.O=C(O)C(=O)O. The van der Waals surface area contributed by atoms with Crippen LogP contribution in [0.25, 0.3) is 0 Å². The highest BCUT2D eigenvalue weighted by atomic mass is 32.1. The second-order valence-corrected chi connectivity index (χ2v) is 5.71. The molecule has 0 spiro atoms. The fourth-order valence-electron chi connectivity index (χ4n) is 2.55. The van der Waals surface area contributed by atoms with Gasteiger partial charge in [-0.1, -0.05) is 32.3 Å². The number of thiophene rings is 1. The molecule has 0 amide bonds. The zero-order valence-electron chi connectivity index (χ0n) is 11.6. The zero-order chi connectivity index (χ0) is 15.0. The molecule has 6 heteroatoms. The van der Waals surface area contributed by atoms with E-state index < -0.39 is 11.9 Å². The molecule has 0 atom stereocenters. The minimum atomic E-state index is -1.82. The molecule has 1 fully saturated rings. The zero-order valence-corrected chi connectivity index (χ0v) is 12.4. The van der Waals surface area contributed by atoms with Crippen molar-refractivity contribution in [3.63, 3.8) is 0 Å². The van der Waals surface area contributed by atoms with Crippen LogP contribution in [0.1, 0.15) is 43.9 Å². The lowest BCUT2D eigenvalue weighted by atomic mass is 9.80. The van der Waals surface area contributed by atoms with Gasteiger partial charge in [0.1, 0.15) is 0 Å². The molecular formula is C14H21NO4S. The molecule has 5 nitrogen and oxygen atoms in total. The molecule has 1 saturated carbocycles. The van der Waals surface area contributed by atoms with Gasteiger partial charge in [-0.3, -0.25) is 0 Å². The molecule has 20 heavy (non-hydrogen) atoms. The lowest BCUT2D eigenvalue weighted by Crippen LogP contribution is -2.43. The first kappa shape index (κ1) is 16.7. The maximum atomic E-state index is 9.10. The average Bonchev–Trinajstić information content (AvgIpc) is 2.95. The molecule has 0 radical (unpaired) electrons. The van der Waals surface area contributed by atoms with Crippen molar-refractivity contribution in [1.29, 1.82) is 0 Å². The van der Waals surface area contributed by atoms with Gasteiger partial charge < -0.3 is 15.5 Å². The van der Waals surface area contributed by atoms with Crippen LogP contribution in [0.15, 0.2) is 17.5 Å². The first-order valence-electron chi connectivity index (χ1n) is 6.77. The highest BCUT2D eigenvalue weighted by Gasteiger charge is 2.33. The highest BCUT2D eigenvalue weighted by molar-refractivity contribution is 7.10. The van der Waals surface area contributed by atoms with Crippen LogP contribution in [0.3, 0.4) is 0 Å². The van der Waals surface area contributed by atoms with Gasteiger partial charge in [-0.25, -0.2) is 9.59 Å². The van der Waals surface area contributed by atoms with E-state index in [1.54, 1.807) is 4.88 Å². The number of carboxylic acids is 2. The van der Waals surface area contributed by atoms with Gasteiger partial charge in [-0.05, 0) is 30.8 Å². The summed E-state index contributed by atoms with van der Waals surface area (Å²) in [6.45, 7) is 3.29. The molecule has 3 N–H and O–H groups in total. The summed E-state index contributed by atoms with van der Waals surface area (Å²) in [4.78, 5) is 19.7. The third-order valence-electron chi connectivity index (χ3n) is 3.40. The standard InChI is InChI=1S/C12H19NS.C2H2O4/c1-2-13-12(8-4-3-5-9-12)11-7-6-10-14-11;3-1(4)2(5)6/h6-7,10,13H,2-5,8-9H2,1H3;(H,3,4)(H,5,6). The van der Waals surface area contributed by atoms with Crippen molar-refractivity contribution in [3.05, 3.63) is 22.4 Å². The molecule has 1 aromatic heterocycles. The number of nitrogens with one attached hydrogen (secondary N) is 1. The lowest BCUT2D eigenvalue weighted by Gasteiger charge is -2.37. The van der Waals surface area contributed by atoms with Crippen molar-refractivity contribution in [2.24, 2.45) is 0 Å². The van der Waals surface area contributed by atoms with E-state index >= 15 is 0 Å². The molecule has 0 aromatic carbocycles. The topological polar surface area (TPSA) is 86.6 Å². The quantitative estimate of drug-likeness (QED) is 0.747. The van der Waals surface area contributed by atoms with E-state index in [4.69, 9.17) is 19.8 Å². The molecule has 0 unspecified atom stereocenters. The summed E-state index contributed by atoms with van der Waals surface area (Å²) < 4.78 is 0. The van der Waals surface area contributed by atoms with E-state index in [1.807, 2.05) is 11.3 Å². The third-order valence-corrected chi connectivity index (χ3v) is 4.47. The number of hydrogen-bond acceptors (Lipinski definition) is 4. The van der Waals surface area contributed by atoms with Gasteiger partial charge in [0.2, 0.25) is 0 Å². The van der Waals surface area contributed by atoms with Gasteiger partial charge in [0.05, 0.1) is 5.54 Å². The Morgan fingerprint density at radius 1 is 1.25 bits per heavy atom. The molecule has 1 aliphatic carbocycles. The number of hydrogen-bond donors (Lipinski definition) is 3. The van der Waals surface area contributed by atoms with Crippen molar-refractivity contribution in [1.82, 2.24) is 5.32 Å². The number of aliphatic carboxylic acids is 2. The molecule has 112 valence electrons. The van der Waals surface area contributed by atoms with Crippen LogP contribution in [0.5, 0.6) is 0 Å². The Kier molecular flexibility index (Phi) is 6.67. The Balaban J connectivity index is 0.000000286. The molecule has 1 heterocycles. The Hall–Kier alpha value is -1.40. The largest absolute Gasteiger partial charge is 0.473 e. The van der Waals surface area contributed by atoms with Gasteiger partial charge in [-0.2, -0.15) is 0 Å². The van der Waals surface area contributed by atoms with Crippen LogP contribution in [0.2, 0.25) is 0 Å². The van der Waals surface area contributed by atoms with Crippen molar-refractivity contribution in [2.75, 3.05) is 6.54 Å². The fraction of sp³-hybridized carbons (Fsp3) is 0.571. The third kappa shape index (κ3) is 4.61. The van der Waals surface area contributed by atoms with Gasteiger partial charge in [-0.15, -0.1) is 11.3 Å². The first-order chi connectivity index (χ1) is 9.52. The average molecular weight is 299 g/mol. The summed E-state index contributed by atoms with van der Waals surface area (Å²) in [6, 6.07) is 4.46. The second kappa shape index (κ2) is 8.01. The molecule has 0 bridgehead atoms. The van der Waals surface area contributed by atoms with Crippen LogP contribution in [-0.2, 0) is 15.1 Å². The Bertz CT molecular complexity index is 407. The number of carbonyl (C=O) groups is 2. The van der Waals surface area contributed by atoms with Gasteiger partial charge in [0.25, 0.3) is 0 Å². The highest BCUT2D eigenvalue weighted by Crippen LogP contribution is 2.39. The van der Waals surface area contributed by atoms with Crippen molar-refractivity contribution >= 4 is 23.3 Å². The summed E-state index contributed by atoms with van der Waals surface area (Å²) >= 11 is 1.91. The minimum absolute atomic E-state index is 0.321. The summed E-state index contributed by atoms with van der Waals surface area (Å²) in [7, 11) is 0. The second-order valence-electron chi connectivity index (χ2n) is 4.76. The van der Waals surface area contributed by atoms with E-state index in [0.29, 0.717) is 5.54 Å². The van der Waals surface area contributed by atoms with Gasteiger partial charge >= 0.3 is 11.9 Å². The van der Waals surface area contributed by atoms with Crippen LogP contribution in [0.4, 0.5) is 0 Å². The van der Waals surface area contributed by atoms with E-state index in [2.05, 4.69) is 29.8 Å². The van der Waals surface area contributed by atoms with Crippen molar-refractivity contribution in [3.8, 4) is 0 Å². The summed E-state index contributed by atoms with van der Waals surface area (Å²) in [5, 5.41) is 20.7. The van der Waals surface area contributed by atoms with Crippen LogP contribution in [-0.4, -0.2) is 28.7 Å². The molecule has 1 aliphatic rings. The van der Waals surface area contributed by atoms with E-state index in [0.717, 1.165) is 6.54 Å². The number of carboxylic acid groups (broad SMARTS) is 2. The smallest absolute Gasteiger partial charge is 0.414 e. The summed E-state index contributed by atoms with van der Waals surface area (Å²) in [5.74, 6) is -3.65. The van der Waals surface area contributed by atoms with Crippen molar-refractivity contribution in [2.45, 2.75) is 44.6 Å². The molecular weight excluding hydrogens is 278 g/mol. The van der Waals surface area contributed by atoms with E-state index in [1.165, 1.54) is 32.1 Å². The van der Waals surface area contributed by atoms with Gasteiger partial charge in [0.15, 0.2) is 0 Å². The first-order valence-corrected chi connectivity index (χ1v) is 7.65. The Labute approximate surface area is 122 Å². The Morgan fingerprint density at radius 3 is 2.25 bits per heavy atom. The predicted octanol–water partition coefficient (Wildman–Crippen LogP) is 2.67. The predicted molar refractivity (Wildman–Crippen MR) is 78.0 cm³/mol. The Morgan fingerprint density at radius 2 is 1.85 bits per heavy atom. The molecule has 0 aliphatic heterocycles. The van der Waals surface area contributed by atoms with Crippen LogP contribution < -0.4 is 5.32 Å². The maximum absolute atomic E-state index is 9.10. The minimum Gasteiger partial charge on any atom is -0.473 e. The molecule has 0 saturated heterocycles. The summed E-state index contributed by atoms with van der Waals surface area (Å²) in [6.07, 6.45) is 6.82.